The van der Waals surface area contributed by atoms with Crippen molar-refractivity contribution in [1.29, 1.82) is 0 Å². The number of para-hydroxylation sites is 2. The fraction of sp³-hybridized carbons (Fsp3) is 0.174. The molecule has 3 aromatic rings. The van der Waals surface area contributed by atoms with Crippen LogP contribution in [0, 0.1) is 10.1 Å². The van der Waals surface area contributed by atoms with Gasteiger partial charge in [0.25, 0.3) is 5.69 Å². The first-order chi connectivity index (χ1) is 14.5. The number of anilines is 1. The quantitative estimate of drug-likeness (QED) is 0.321. The molecule has 0 aliphatic rings. The normalized spacial score (nSPS) is 10.4. The highest BCUT2D eigenvalue weighted by molar-refractivity contribution is 5.92. The maximum absolute atomic E-state index is 12.3. The highest BCUT2D eigenvalue weighted by Crippen LogP contribution is 2.27. The van der Waals surface area contributed by atoms with Gasteiger partial charge in [-0.25, -0.2) is 0 Å². The van der Waals surface area contributed by atoms with Crippen LogP contribution >= 0.6 is 0 Å². The van der Waals surface area contributed by atoms with Crippen LogP contribution < -0.4 is 15.0 Å². The summed E-state index contributed by atoms with van der Waals surface area (Å²) in [6.07, 6.45) is 0.277. The minimum Gasteiger partial charge on any atom is -0.457 e. The van der Waals surface area contributed by atoms with E-state index in [0.29, 0.717) is 23.6 Å². The van der Waals surface area contributed by atoms with Crippen molar-refractivity contribution in [2.45, 2.75) is 13.0 Å². The van der Waals surface area contributed by atoms with Crippen molar-refractivity contribution < 1.29 is 14.5 Å². The van der Waals surface area contributed by atoms with E-state index < -0.39 is 4.92 Å². The Hall–Kier alpha value is -3.71. The Balaban J connectivity index is 1.58. The van der Waals surface area contributed by atoms with Crippen LogP contribution in [-0.2, 0) is 11.3 Å². The number of nitro groups is 1. The molecule has 3 rings (SSSR count). The summed E-state index contributed by atoms with van der Waals surface area (Å²) < 4.78 is 5.77. The first kappa shape index (κ1) is 21.0. The third kappa shape index (κ3) is 5.65. The lowest BCUT2D eigenvalue weighted by Crippen LogP contribution is -2.29. The van der Waals surface area contributed by atoms with Gasteiger partial charge in [0, 0.05) is 43.9 Å². The van der Waals surface area contributed by atoms with Crippen LogP contribution in [0.5, 0.6) is 11.5 Å². The predicted octanol–water partition coefficient (Wildman–Crippen LogP) is 4.53. The minimum atomic E-state index is -0.419. The molecule has 3 aromatic carbocycles. The molecule has 7 heteroatoms. The van der Waals surface area contributed by atoms with Crippen molar-refractivity contribution in [3.63, 3.8) is 0 Å². The maximum atomic E-state index is 12.3. The number of amides is 1. The topological polar surface area (TPSA) is 84.7 Å². The summed E-state index contributed by atoms with van der Waals surface area (Å²) in [7, 11) is 1.73. The summed E-state index contributed by atoms with van der Waals surface area (Å²) in [5, 5.41) is 14.5. The fourth-order valence-electron chi connectivity index (χ4n) is 2.95. The monoisotopic (exact) mass is 405 g/mol. The smallest absolute Gasteiger partial charge is 0.274 e. The summed E-state index contributed by atoms with van der Waals surface area (Å²) in [6, 6.07) is 23.3. The number of carbonyl (C=O) groups excluding carboxylic acids is 1. The molecule has 0 aromatic heterocycles. The molecule has 0 heterocycles. The first-order valence-electron chi connectivity index (χ1n) is 9.57. The lowest BCUT2D eigenvalue weighted by atomic mass is 10.1. The Morgan fingerprint density at radius 3 is 2.33 bits per heavy atom. The average molecular weight is 405 g/mol. The van der Waals surface area contributed by atoms with Crippen molar-refractivity contribution in [2.24, 2.45) is 0 Å². The van der Waals surface area contributed by atoms with E-state index in [1.807, 2.05) is 60.7 Å². The molecule has 1 amide bonds. The number of hydrogen-bond donors (Lipinski definition) is 1. The third-order valence-corrected chi connectivity index (χ3v) is 4.58. The molecule has 30 heavy (non-hydrogen) atoms. The molecule has 0 saturated heterocycles. The molecule has 0 bridgehead atoms. The van der Waals surface area contributed by atoms with Crippen LogP contribution in [-0.4, -0.2) is 24.4 Å². The molecule has 154 valence electrons. The standard InChI is InChI=1S/C23H23N3O4/c1-25(19-8-4-2-5-9-19)23(27)14-15-24-17-18-16-21(12-13-22(18)26(28)29)30-20-10-6-3-7-11-20/h2-13,16,24H,14-15,17H2,1H3. The average Bonchev–Trinajstić information content (AvgIpc) is 2.77. The number of nitro benzene ring substituents is 1. The Kier molecular flexibility index (Phi) is 7.13. The molecule has 0 saturated carbocycles. The van der Waals surface area contributed by atoms with Gasteiger partial charge in [-0.05, 0) is 36.4 Å². The molecular formula is C23H23N3O4. The number of nitrogens with zero attached hydrogens (tertiary/aromatic N) is 2. The van der Waals surface area contributed by atoms with Crippen molar-refractivity contribution in [3.8, 4) is 11.5 Å². The van der Waals surface area contributed by atoms with Crippen LogP contribution in [0.3, 0.4) is 0 Å². The predicted molar refractivity (Wildman–Crippen MR) is 116 cm³/mol. The van der Waals surface area contributed by atoms with Crippen LogP contribution in [0.2, 0.25) is 0 Å². The molecule has 0 fully saturated rings. The second-order valence-corrected chi connectivity index (χ2v) is 6.68. The van der Waals surface area contributed by atoms with Gasteiger partial charge < -0.3 is 15.0 Å². The molecule has 0 radical (unpaired) electrons. The molecule has 0 aliphatic heterocycles. The summed E-state index contributed by atoms with van der Waals surface area (Å²) in [6.45, 7) is 0.654. The van der Waals surface area contributed by atoms with Crippen LogP contribution in [0.4, 0.5) is 11.4 Å². The molecule has 7 nitrogen and oxygen atoms in total. The Morgan fingerprint density at radius 2 is 1.67 bits per heavy atom. The second-order valence-electron chi connectivity index (χ2n) is 6.68. The van der Waals surface area contributed by atoms with Gasteiger partial charge in [-0.15, -0.1) is 0 Å². The number of nitrogens with one attached hydrogen (secondary N) is 1. The van der Waals surface area contributed by atoms with Gasteiger partial charge in [0.2, 0.25) is 5.91 Å². The van der Waals surface area contributed by atoms with Gasteiger partial charge in [0.05, 0.1) is 4.92 Å². The van der Waals surface area contributed by atoms with Gasteiger partial charge >= 0.3 is 0 Å². The molecule has 0 spiro atoms. The van der Waals surface area contributed by atoms with Crippen molar-refractivity contribution in [2.75, 3.05) is 18.5 Å². The van der Waals surface area contributed by atoms with Gasteiger partial charge in [0.15, 0.2) is 0 Å². The molecule has 0 atom stereocenters. The number of ether oxygens (including phenoxy) is 1. The SMILES string of the molecule is CN(C(=O)CCNCc1cc(Oc2ccccc2)ccc1[N+](=O)[O-])c1ccccc1. The number of rotatable bonds is 9. The van der Waals surface area contributed by atoms with E-state index in [9.17, 15) is 14.9 Å². The van der Waals surface area contributed by atoms with E-state index in [4.69, 9.17) is 4.74 Å². The number of hydrogen-bond acceptors (Lipinski definition) is 5. The third-order valence-electron chi connectivity index (χ3n) is 4.58. The van der Waals surface area contributed by atoms with Crippen molar-refractivity contribution in [3.05, 3.63) is 94.5 Å². The lowest BCUT2D eigenvalue weighted by molar-refractivity contribution is -0.385. The minimum absolute atomic E-state index is 0.00985. The van der Waals surface area contributed by atoms with Crippen LogP contribution in [0.25, 0.3) is 0 Å². The molecule has 0 aliphatic carbocycles. The van der Waals surface area contributed by atoms with Crippen molar-refractivity contribution in [1.82, 2.24) is 5.32 Å². The Bertz CT molecular complexity index is 994. The van der Waals surface area contributed by atoms with E-state index in [0.717, 1.165) is 5.69 Å². The Labute approximate surface area is 175 Å². The largest absolute Gasteiger partial charge is 0.457 e. The van der Waals surface area contributed by atoms with E-state index >= 15 is 0 Å². The van der Waals surface area contributed by atoms with Crippen molar-refractivity contribution >= 4 is 17.3 Å². The second kappa shape index (κ2) is 10.2. The maximum Gasteiger partial charge on any atom is 0.274 e. The highest BCUT2D eigenvalue weighted by Gasteiger charge is 2.15. The molecule has 0 unspecified atom stereocenters. The van der Waals surface area contributed by atoms with Gasteiger partial charge in [0.1, 0.15) is 11.5 Å². The van der Waals surface area contributed by atoms with Gasteiger partial charge in [-0.2, -0.15) is 0 Å². The highest BCUT2D eigenvalue weighted by atomic mass is 16.6. The van der Waals surface area contributed by atoms with Crippen LogP contribution in [0.1, 0.15) is 12.0 Å². The lowest BCUT2D eigenvalue weighted by Gasteiger charge is -2.17. The van der Waals surface area contributed by atoms with E-state index in [2.05, 4.69) is 5.32 Å². The van der Waals surface area contributed by atoms with Crippen LogP contribution in [0.15, 0.2) is 78.9 Å². The molecule has 1 N–H and O–H groups in total. The number of benzene rings is 3. The van der Waals surface area contributed by atoms with E-state index in [-0.39, 0.29) is 24.6 Å². The van der Waals surface area contributed by atoms with E-state index in [1.165, 1.54) is 6.07 Å². The first-order valence-corrected chi connectivity index (χ1v) is 9.57. The zero-order valence-electron chi connectivity index (χ0n) is 16.7. The van der Waals surface area contributed by atoms with E-state index in [1.54, 1.807) is 24.1 Å². The summed E-state index contributed by atoms with van der Waals surface area (Å²) in [4.78, 5) is 24.9. The summed E-state index contributed by atoms with van der Waals surface area (Å²) in [5.74, 6) is 1.13. The zero-order valence-corrected chi connectivity index (χ0v) is 16.7. The number of carbonyl (C=O) groups is 1. The van der Waals surface area contributed by atoms with Gasteiger partial charge in [-0.1, -0.05) is 36.4 Å². The van der Waals surface area contributed by atoms with Gasteiger partial charge in [-0.3, -0.25) is 14.9 Å². The summed E-state index contributed by atoms with van der Waals surface area (Å²) >= 11 is 0. The summed E-state index contributed by atoms with van der Waals surface area (Å²) in [5.41, 5.74) is 1.33. The Morgan fingerprint density at radius 1 is 1.00 bits per heavy atom. The fourth-order valence-corrected chi connectivity index (χ4v) is 2.95. The zero-order chi connectivity index (χ0) is 21.3. The molecular weight excluding hydrogens is 382 g/mol.